The second-order valence-corrected chi connectivity index (χ2v) is 10.6. The quantitative estimate of drug-likeness (QED) is 0.267. The van der Waals surface area contributed by atoms with E-state index in [1.165, 1.54) is 94.5 Å². The summed E-state index contributed by atoms with van der Waals surface area (Å²) in [5.41, 5.74) is 0.128. The topological polar surface area (TPSA) is 23.8 Å². The first kappa shape index (κ1) is 29.0. The van der Waals surface area contributed by atoms with Crippen molar-refractivity contribution in [3.8, 4) is 17.2 Å². The Hall–Kier alpha value is -2.61. The second-order valence-electron chi connectivity index (χ2n) is 10.6. The van der Waals surface area contributed by atoms with Crippen molar-refractivity contribution in [2.75, 3.05) is 6.67 Å². The molecule has 0 saturated heterocycles. The van der Waals surface area contributed by atoms with E-state index < -0.39 is 23.0 Å². The molecule has 37 heavy (non-hydrogen) atoms. The van der Waals surface area contributed by atoms with Gasteiger partial charge in [-0.05, 0) is 111 Å². The fourth-order valence-electron chi connectivity index (χ4n) is 6.04. The number of hydrogen-bond acceptors (Lipinski definition) is 1. The number of hydrogen-bond donors (Lipinski definition) is 0. The lowest BCUT2D eigenvalue weighted by atomic mass is 9.68. The van der Waals surface area contributed by atoms with Gasteiger partial charge in [0.15, 0.2) is 0 Å². The monoisotopic (exact) mass is 513 g/mol. The zero-order valence-corrected chi connectivity index (χ0v) is 21.9. The minimum atomic E-state index is -0.924. The largest absolute Gasteiger partial charge is 0.251 e. The molecular formula is C32H39F4N. The van der Waals surface area contributed by atoms with Gasteiger partial charge in [0.1, 0.15) is 29.1 Å². The molecule has 0 radical (unpaired) electrons. The highest BCUT2D eigenvalue weighted by Crippen LogP contribution is 2.42. The van der Waals surface area contributed by atoms with Crippen LogP contribution in [0.4, 0.5) is 17.6 Å². The van der Waals surface area contributed by atoms with Crippen molar-refractivity contribution >= 4 is 0 Å². The van der Waals surface area contributed by atoms with Gasteiger partial charge in [0, 0.05) is 0 Å². The van der Waals surface area contributed by atoms with E-state index in [9.17, 15) is 17.6 Å². The van der Waals surface area contributed by atoms with Crippen LogP contribution in [0.2, 0.25) is 0 Å². The van der Waals surface area contributed by atoms with Crippen LogP contribution in [0.1, 0.15) is 83.1 Å². The van der Waals surface area contributed by atoms with Gasteiger partial charge >= 0.3 is 0 Å². The van der Waals surface area contributed by atoms with Crippen molar-refractivity contribution in [3.05, 3.63) is 71.6 Å². The van der Waals surface area contributed by atoms with Crippen LogP contribution in [-0.4, -0.2) is 6.67 Å². The van der Waals surface area contributed by atoms with Gasteiger partial charge in [-0.25, -0.2) is 13.2 Å². The third-order valence-electron chi connectivity index (χ3n) is 8.28. The standard InChI is InChI=1S/C19H33F.C13H6F3N/c1-2-3-4-5-16-6-10-18(11-7-16)19-12-8-17(9-13-19)14-15-20;14-10-3-1-8(2-4-10)9-5-12(15)11(7-17)13(16)6-9/h2-3,16-19H,4-15H2,1H3;1-6H/b3-2+;. The Labute approximate surface area is 219 Å². The van der Waals surface area contributed by atoms with E-state index in [1.54, 1.807) is 0 Å². The molecular weight excluding hydrogens is 474 g/mol. The number of alkyl halides is 1. The van der Waals surface area contributed by atoms with E-state index in [-0.39, 0.29) is 12.2 Å². The maximum absolute atomic E-state index is 13.3. The van der Waals surface area contributed by atoms with Crippen molar-refractivity contribution in [1.29, 1.82) is 5.26 Å². The average molecular weight is 514 g/mol. The Balaban J connectivity index is 0.000000208. The molecule has 2 aromatic rings. The van der Waals surface area contributed by atoms with E-state index in [4.69, 9.17) is 5.26 Å². The molecule has 200 valence electrons. The summed E-state index contributed by atoms with van der Waals surface area (Å²) in [6, 6.07) is 8.76. The van der Waals surface area contributed by atoms with Gasteiger partial charge in [-0.1, -0.05) is 50.0 Å². The molecule has 2 saturated carbocycles. The molecule has 2 aliphatic carbocycles. The normalized spacial score (nSPS) is 23.8. The summed E-state index contributed by atoms with van der Waals surface area (Å²) >= 11 is 0. The van der Waals surface area contributed by atoms with E-state index in [0.29, 0.717) is 11.5 Å². The Morgan fingerprint density at radius 3 is 1.76 bits per heavy atom. The molecule has 2 fully saturated rings. The lowest BCUT2D eigenvalue weighted by molar-refractivity contribution is 0.139. The fourth-order valence-corrected chi connectivity index (χ4v) is 6.04. The van der Waals surface area contributed by atoms with E-state index in [0.717, 1.165) is 36.3 Å². The van der Waals surface area contributed by atoms with Gasteiger partial charge in [-0.2, -0.15) is 5.26 Å². The highest BCUT2D eigenvalue weighted by molar-refractivity contribution is 5.64. The third-order valence-corrected chi connectivity index (χ3v) is 8.28. The Bertz CT molecular complexity index is 1000. The molecule has 0 amide bonds. The number of halogens is 4. The zero-order valence-electron chi connectivity index (χ0n) is 21.9. The van der Waals surface area contributed by atoms with Crippen LogP contribution in [0.25, 0.3) is 11.1 Å². The number of benzene rings is 2. The maximum atomic E-state index is 13.3. The Morgan fingerprint density at radius 2 is 1.30 bits per heavy atom. The second kappa shape index (κ2) is 15.0. The first-order valence-electron chi connectivity index (χ1n) is 13.8. The first-order chi connectivity index (χ1) is 17.9. The van der Waals surface area contributed by atoms with Crippen LogP contribution in [0.5, 0.6) is 0 Å². The van der Waals surface area contributed by atoms with E-state index in [1.807, 2.05) is 0 Å². The van der Waals surface area contributed by atoms with Crippen molar-refractivity contribution in [2.24, 2.45) is 23.7 Å². The molecule has 0 N–H and O–H groups in total. The predicted molar refractivity (Wildman–Crippen MR) is 142 cm³/mol. The molecule has 0 aromatic heterocycles. The zero-order chi connectivity index (χ0) is 26.6. The lowest BCUT2D eigenvalue weighted by Crippen LogP contribution is -2.26. The van der Waals surface area contributed by atoms with E-state index >= 15 is 0 Å². The molecule has 5 heteroatoms. The number of rotatable bonds is 7. The van der Waals surface area contributed by atoms with Gasteiger partial charge in [-0.15, -0.1) is 0 Å². The van der Waals surface area contributed by atoms with Gasteiger partial charge in [0.2, 0.25) is 0 Å². The highest BCUT2D eigenvalue weighted by Gasteiger charge is 2.30. The molecule has 0 unspecified atom stereocenters. The Kier molecular flexibility index (Phi) is 11.7. The summed E-state index contributed by atoms with van der Waals surface area (Å²) < 4.78 is 51.8. The summed E-state index contributed by atoms with van der Waals surface area (Å²) in [5.74, 6) is 1.39. The molecule has 1 nitrogen and oxygen atoms in total. The van der Waals surface area contributed by atoms with Crippen molar-refractivity contribution < 1.29 is 17.6 Å². The number of allylic oxidation sites excluding steroid dienone is 2. The van der Waals surface area contributed by atoms with Crippen LogP contribution in [-0.2, 0) is 0 Å². The van der Waals surface area contributed by atoms with E-state index in [2.05, 4.69) is 19.1 Å². The van der Waals surface area contributed by atoms with Crippen LogP contribution in [0.15, 0.2) is 48.6 Å². The summed E-state index contributed by atoms with van der Waals surface area (Å²) in [6.45, 7) is 2.02. The van der Waals surface area contributed by atoms with Crippen LogP contribution in [0, 0.1) is 52.5 Å². The molecule has 0 bridgehead atoms. The van der Waals surface area contributed by atoms with Crippen molar-refractivity contribution in [1.82, 2.24) is 0 Å². The lowest BCUT2D eigenvalue weighted by Gasteiger charge is -2.37. The minimum Gasteiger partial charge on any atom is -0.251 e. The van der Waals surface area contributed by atoms with Crippen LogP contribution >= 0.6 is 0 Å². The van der Waals surface area contributed by atoms with Gasteiger partial charge in [0.05, 0.1) is 6.67 Å². The molecule has 0 aliphatic heterocycles. The average Bonchev–Trinajstić information content (AvgIpc) is 2.91. The van der Waals surface area contributed by atoms with Gasteiger partial charge in [0.25, 0.3) is 0 Å². The SMILES string of the molecule is C/C=C/CCC1CCC(C2CCC(CCF)CC2)CC1.N#Cc1c(F)cc(-c2ccc(F)cc2)cc1F. The minimum absolute atomic E-state index is 0.105. The first-order valence-corrected chi connectivity index (χ1v) is 13.8. The molecule has 0 spiro atoms. The van der Waals surface area contributed by atoms with Gasteiger partial charge < -0.3 is 0 Å². The van der Waals surface area contributed by atoms with Crippen LogP contribution in [0.3, 0.4) is 0 Å². The molecule has 0 heterocycles. The smallest absolute Gasteiger partial charge is 0.144 e. The maximum Gasteiger partial charge on any atom is 0.144 e. The van der Waals surface area contributed by atoms with Crippen molar-refractivity contribution in [3.63, 3.8) is 0 Å². The summed E-state index contributed by atoms with van der Waals surface area (Å²) in [4.78, 5) is 0. The summed E-state index contributed by atoms with van der Waals surface area (Å²) in [5, 5.41) is 8.52. The third kappa shape index (κ3) is 8.73. The fraction of sp³-hybridized carbons (Fsp3) is 0.531. The highest BCUT2D eigenvalue weighted by atomic mass is 19.1. The summed E-state index contributed by atoms with van der Waals surface area (Å²) in [7, 11) is 0. The van der Waals surface area contributed by atoms with Crippen LogP contribution < -0.4 is 0 Å². The van der Waals surface area contributed by atoms with Crippen molar-refractivity contribution in [2.45, 2.75) is 77.6 Å². The Morgan fingerprint density at radius 1 is 0.784 bits per heavy atom. The molecule has 0 atom stereocenters. The molecule has 4 rings (SSSR count). The predicted octanol–water partition coefficient (Wildman–Crippen LogP) is 9.96. The van der Waals surface area contributed by atoms with Gasteiger partial charge in [-0.3, -0.25) is 4.39 Å². The molecule has 2 aliphatic rings. The number of nitrogens with zero attached hydrogens (tertiary/aromatic N) is 1. The molecule has 2 aromatic carbocycles. The number of nitriles is 1. The summed E-state index contributed by atoms with van der Waals surface area (Å²) in [6.07, 6.45) is 19.3.